The van der Waals surface area contributed by atoms with Crippen molar-refractivity contribution in [2.24, 2.45) is 0 Å². The van der Waals surface area contributed by atoms with Gasteiger partial charge in [0, 0.05) is 29.9 Å². The maximum absolute atomic E-state index is 13.9. The van der Waals surface area contributed by atoms with Crippen LogP contribution in [0.5, 0.6) is 0 Å². The number of hydrogen-bond donors (Lipinski definition) is 1. The predicted molar refractivity (Wildman–Crippen MR) is 122 cm³/mol. The summed E-state index contributed by atoms with van der Waals surface area (Å²) in [7, 11) is 0. The number of pyridine rings is 1. The van der Waals surface area contributed by atoms with E-state index in [0.29, 0.717) is 17.5 Å². The number of Topliss-reactive ketones (excluding diaryl/α,β-unsaturated/α-hetero) is 1. The number of nitriles is 1. The Morgan fingerprint density at radius 1 is 1.17 bits per heavy atom. The summed E-state index contributed by atoms with van der Waals surface area (Å²) in [6.45, 7) is 3.38. The molecule has 36 heavy (non-hydrogen) atoms. The molecule has 8 nitrogen and oxygen atoms in total. The summed E-state index contributed by atoms with van der Waals surface area (Å²) in [5.41, 5.74) is -0.168. The lowest BCUT2D eigenvalue weighted by molar-refractivity contribution is -0.141. The highest BCUT2D eigenvalue weighted by atomic mass is 19.4. The second-order valence-electron chi connectivity index (χ2n) is 8.76. The highest BCUT2D eigenvalue weighted by Gasteiger charge is 2.47. The van der Waals surface area contributed by atoms with E-state index in [1.165, 1.54) is 18.2 Å². The summed E-state index contributed by atoms with van der Waals surface area (Å²) in [6, 6.07) is 6.92. The van der Waals surface area contributed by atoms with Gasteiger partial charge in [0.25, 0.3) is 0 Å². The molecule has 1 unspecified atom stereocenters. The minimum Gasteiger partial charge on any atom is -0.335 e. The number of allylic oxidation sites excluding steroid dienone is 1. The molecule has 186 valence electrons. The van der Waals surface area contributed by atoms with Crippen molar-refractivity contribution in [1.82, 2.24) is 15.2 Å². The van der Waals surface area contributed by atoms with Crippen LogP contribution in [-0.4, -0.2) is 33.8 Å². The van der Waals surface area contributed by atoms with Crippen molar-refractivity contribution in [3.05, 3.63) is 70.7 Å². The van der Waals surface area contributed by atoms with Crippen molar-refractivity contribution >= 4 is 23.5 Å². The van der Waals surface area contributed by atoms with Crippen LogP contribution in [0.3, 0.4) is 0 Å². The van der Waals surface area contributed by atoms with Gasteiger partial charge in [0.1, 0.15) is 5.69 Å². The smallest absolute Gasteiger partial charge is 0.335 e. The first-order valence-electron chi connectivity index (χ1n) is 11.3. The lowest BCUT2D eigenvalue weighted by atomic mass is 9.83. The maximum atomic E-state index is 13.9. The Hall–Kier alpha value is -4.20. The maximum Gasteiger partial charge on any atom is 0.433 e. The number of amides is 4. The first-order valence-corrected chi connectivity index (χ1v) is 11.3. The van der Waals surface area contributed by atoms with E-state index in [2.05, 4.69) is 10.3 Å². The van der Waals surface area contributed by atoms with Crippen molar-refractivity contribution in [2.75, 3.05) is 4.90 Å². The molecule has 0 saturated heterocycles. The molecule has 1 N–H and O–H groups in total. The van der Waals surface area contributed by atoms with E-state index >= 15 is 0 Å². The van der Waals surface area contributed by atoms with Crippen LogP contribution in [0.15, 0.2) is 53.9 Å². The van der Waals surface area contributed by atoms with Crippen LogP contribution in [0.4, 0.5) is 28.4 Å². The van der Waals surface area contributed by atoms with Gasteiger partial charge in [0.2, 0.25) is 0 Å². The van der Waals surface area contributed by atoms with Crippen molar-refractivity contribution in [1.29, 1.82) is 5.26 Å². The molecule has 0 saturated carbocycles. The highest BCUT2D eigenvalue weighted by Crippen LogP contribution is 2.44. The fraction of sp³-hybridized carbons (Fsp3) is 0.320. The number of aromatic nitrogens is 1. The second-order valence-corrected chi connectivity index (χ2v) is 8.76. The van der Waals surface area contributed by atoms with Gasteiger partial charge >= 0.3 is 18.2 Å². The molecular formula is C25H22F3N5O3. The van der Waals surface area contributed by atoms with Crippen LogP contribution >= 0.6 is 0 Å². The van der Waals surface area contributed by atoms with Crippen LogP contribution in [-0.2, 0) is 11.0 Å². The van der Waals surface area contributed by atoms with Gasteiger partial charge < -0.3 is 5.32 Å². The normalized spacial score (nSPS) is 18.3. The van der Waals surface area contributed by atoms with E-state index in [4.69, 9.17) is 5.26 Å². The van der Waals surface area contributed by atoms with Gasteiger partial charge in [-0.3, -0.25) is 14.7 Å². The number of alkyl halides is 3. The summed E-state index contributed by atoms with van der Waals surface area (Å²) in [6.07, 6.45) is -3.01. The van der Waals surface area contributed by atoms with E-state index < -0.39 is 30.0 Å². The number of nitrogens with zero attached hydrogens (tertiary/aromatic N) is 4. The molecule has 1 aliphatic heterocycles. The molecule has 4 amide bonds. The molecule has 4 rings (SSSR count). The number of halogens is 3. The predicted octanol–water partition coefficient (Wildman–Crippen LogP) is 5.08. The zero-order valence-corrected chi connectivity index (χ0v) is 19.5. The van der Waals surface area contributed by atoms with Crippen molar-refractivity contribution < 1.29 is 27.6 Å². The molecule has 1 atom stereocenters. The number of urea groups is 2. The molecule has 0 radical (unpaired) electrons. The third-order valence-corrected chi connectivity index (χ3v) is 5.91. The Morgan fingerprint density at radius 2 is 1.86 bits per heavy atom. The first kappa shape index (κ1) is 24.9. The van der Waals surface area contributed by atoms with Gasteiger partial charge in [0.15, 0.2) is 5.78 Å². The summed E-state index contributed by atoms with van der Waals surface area (Å²) in [4.78, 5) is 45.6. The van der Waals surface area contributed by atoms with Gasteiger partial charge in [-0.2, -0.15) is 18.4 Å². The SMILES string of the molecule is CC(C)NC(=O)N1C(=O)N(c2ccnc(C(F)(F)F)c2)C2=C(C(=O)CCC2)C1c1ccc(C#N)cc1. The number of hydrogen-bond acceptors (Lipinski definition) is 5. The number of carbonyl (C=O) groups excluding carboxylic acids is 3. The number of ketones is 1. The Kier molecular flexibility index (Phi) is 6.54. The van der Waals surface area contributed by atoms with Gasteiger partial charge in [0.05, 0.1) is 23.4 Å². The van der Waals surface area contributed by atoms with E-state index in [1.807, 2.05) is 6.07 Å². The summed E-state index contributed by atoms with van der Waals surface area (Å²) in [5.74, 6) is -0.310. The third-order valence-electron chi connectivity index (χ3n) is 5.91. The fourth-order valence-electron chi connectivity index (χ4n) is 4.41. The average Bonchev–Trinajstić information content (AvgIpc) is 2.82. The molecule has 0 fully saturated rings. The van der Waals surface area contributed by atoms with Crippen LogP contribution in [0.25, 0.3) is 0 Å². The van der Waals surface area contributed by atoms with Crippen molar-refractivity contribution in [3.63, 3.8) is 0 Å². The van der Waals surface area contributed by atoms with E-state index in [-0.39, 0.29) is 41.6 Å². The Balaban J connectivity index is 1.96. The summed E-state index contributed by atoms with van der Waals surface area (Å²) < 4.78 is 40.2. The fourth-order valence-corrected chi connectivity index (χ4v) is 4.41. The average molecular weight is 497 g/mol. The van der Waals surface area contributed by atoms with E-state index in [0.717, 1.165) is 22.1 Å². The monoisotopic (exact) mass is 497 g/mol. The molecule has 0 spiro atoms. The number of rotatable bonds is 3. The zero-order chi connectivity index (χ0) is 26.2. The minimum absolute atomic E-state index is 0.148. The Bertz CT molecular complexity index is 1300. The number of benzene rings is 1. The van der Waals surface area contributed by atoms with Crippen molar-refractivity contribution in [2.45, 2.75) is 51.4 Å². The summed E-state index contributed by atoms with van der Waals surface area (Å²) in [5, 5.41) is 11.8. The van der Waals surface area contributed by atoms with Gasteiger partial charge in [-0.15, -0.1) is 0 Å². The molecule has 1 aliphatic carbocycles. The highest BCUT2D eigenvalue weighted by molar-refractivity contribution is 6.11. The Morgan fingerprint density at radius 3 is 2.47 bits per heavy atom. The molecule has 1 aromatic heterocycles. The molecular weight excluding hydrogens is 475 g/mol. The number of anilines is 1. The van der Waals surface area contributed by atoms with Gasteiger partial charge in [-0.25, -0.2) is 14.5 Å². The van der Waals surface area contributed by atoms with Crippen LogP contribution in [0, 0.1) is 11.3 Å². The lowest BCUT2D eigenvalue weighted by Gasteiger charge is -2.44. The van der Waals surface area contributed by atoms with E-state index in [1.54, 1.807) is 26.0 Å². The molecule has 1 aromatic carbocycles. The number of imide groups is 1. The van der Waals surface area contributed by atoms with Crippen LogP contribution in [0.1, 0.15) is 56.0 Å². The molecule has 2 aliphatic rings. The van der Waals surface area contributed by atoms with Crippen LogP contribution < -0.4 is 10.2 Å². The van der Waals surface area contributed by atoms with Crippen LogP contribution in [0.2, 0.25) is 0 Å². The summed E-state index contributed by atoms with van der Waals surface area (Å²) >= 11 is 0. The number of nitrogens with one attached hydrogen (secondary N) is 1. The minimum atomic E-state index is -4.76. The number of carbonyl (C=O) groups is 3. The molecule has 2 heterocycles. The topological polar surface area (TPSA) is 106 Å². The second kappa shape index (κ2) is 9.45. The largest absolute Gasteiger partial charge is 0.433 e. The standard InChI is InChI=1S/C25H22F3N5O3/c1-14(2)31-23(35)33-22(16-8-6-15(13-29)7-9-16)21-18(4-3-5-19(21)34)32(24(33)36)17-10-11-30-20(12-17)25(26,27)28/h6-12,14,22H,3-5H2,1-2H3,(H,31,35). The lowest BCUT2D eigenvalue weighted by Crippen LogP contribution is -2.57. The third kappa shape index (κ3) is 4.54. The van der Waals surface area contributed by atoms with Gasteiger partial charge in [-0.1, -0.05) is 12.1 Å². The first-order chi connectivity index (χ1) is 17.0. The molecule has 11 heteroatoms. The van der Waals surface area contributed by atoms with Crippen molar-refractivity contribution in [3.8, 4) is 6.07 Å². The zero-order valence-electron chi connectivity index (χ0n) is 19.5. The molecule has 2 aromatic rings. The van der Waals surface area contributed by atoms with Gasteiger partial charge in [-0.05, 0) is 56.5 Å². The van der Waals surface area contributed by atoms with E-state index in [9.17, 15) is 27.6 Å². The molecule has 0 bridgehead atoms. The quantitative estimate of drug-likeness (QED) is 0.637. The Labute approximate surface area is 205 Å².